The Morgan fingerprint density at radius 3 is 2.23 bits per heavy atom. The maximum absolute atomic E-state index is 12.1. The molecule has 3 aromatic rings. The maximum Gasteiger partial charge on any atom is 0.259 e. The fourth-order valence-electron chi connectivity index (χ4n) is 3.85. The smallest absolute Gasteiger partial charge is 0.259 e. The molecule has 1 aromatic heterocycles. The van der Waals surface area contributed by atoms with Gasteiger partial charge in [-0.15, -0.1) is 0 Å². The van der Waals surface area contributed by atoms with Crippen LogP contribution in [-0.4, -0.2) is 61.3 Å². The van der Waals surface area contributed by atoms with Gasteiger partial charge < -0.3 is 19.7 Å². The number of amides is 2. The Bertz CT molecular complexity index is 1200. The number of carbonyl (C=O) groups excluding carboxylic acids is 2. The molecule has 0 aliphatic carbocycles. The van der Waals surface area contributed by atoms with E-state index in [9.17, 15) is 9.59 Å². The molecule has 5 rings (SSSR count). The summed E-state index contributed by atoms with van der Waals surface area (Å²) in [6.07, 6.45) is 1.79. The molecule has 2 aliphatic heterocycles. The molecule has 0 saturated carbocycles. The average molecular weight is 492 g/mol. The largest absolute Gasteiger partial charge is 0.378 e. The van der Waals surface area contributed by atoms with Crippen molar-refractivity contribution in [3.8, 4) is 0 Å². The third-order valence-electron chi connectivity index (χ3n) is 5.68. The van der Waals surface area contributed by atoms with Crippen LogP contribution in [0.1, 0.15) is 5.56 Å². The Labute approximate surface area is 207 Å². The minimum Gasteiger partial charge on any atom is -0.378 e. The number of aryl methyl sites for hydroxylation is 1. The summed E-state index contributed by atoms with van der Waals surface area (Å²) >= 11 is 1.49. The van der Waals surface area contributed by atoms with E-state index in [1.54, 1.807) is 18.3 Å². The Balaban J connectivity index is 1.26. The number of hydrogen-bond donors (Lipinski definition) is 1. The number of morpholine rings is 2. The molecule has 3 heterocycles. The number of benzene rings is 2. The minimum absolute atomic E-state index is 0.0892. The van der Waals surface area contributed by atoms with Crippen molar-refractivity contribution in [1.29, 1.82) is 0 Å². The molecule has 2 amide bonds. The van der Waals surface area contributed by atoms with E-state index in [-0.39, 0.29) is 25.0 Å². The first-order valence-corrected chi connectivity index (χ1v) is 12.1. The van der Waals surface area contributed by atoms with Crippen molar-refractivity contribution < 1.29 is 19.1 Å². The molecule has 1 N–H and O–H groups in total. The zero-order chi connectivity index (χ0) is 24.2. The lowest BCUT2D eigenvalue weighted by atomic mass is 10.2. The van der Waals surface area contributed by atoms with Crippen molar-refractivity contribution in [2.24, 2.45) is 0 Å². The second-order valence-electron chi connectivity index (χ2n) is 8.16. The van der Waals surface area contributed by atoms with Crippen molar-refractivity contribution in [2.75, 3.05) is 54.6 Å². The number of hydrogen-bond acceptors (Lipinski definition) is 9. The van der Waals surface area contributed by atoms with Gasteiger partial charge in [0.25, 0.3) is 11.8 Å². The maximum atomic E-state index is 12.1. The summed E-state index contributed by atoms with van der Waals surface area (Å²) < 4.78 is 10.4. The predicted molar refractivity (Wildman–Crippen MR) is 133 cm³/mol. The molecule has 35 heavy (non-hydrogen) atoms. The molecule has 2 aliphatic rings. The van der Waals surface area contributed by atoms with Crippen LogP contribution in [0.15, 0.2) is 64.6 Å². The lowest BCUT2D eigenvalue weighted by Crippen LogP contribution is -2.46. The van der Waals surface area contributed by atoms with Crippen LogP contribution in [0.2, 0.25) is 0 Å². The highest BCUT2D eigenvalue weighted by Crippen LogP contribution is 2.31. The highest BCUT2D eigenvalue weighted by atomic mass is 32.2. The van der Waals surface area contributed by atoms with Gasteiger partial charge in [-0.1, -0.05) is 11.8 Å². The summed E-state index contributed by atoms with van der Waals surface area (Å²) in [6.45, 7) is 5.08. The number of anilines is 4. The molecule has 0 unspecified atom stereocenters. The van der Waals surface area contributed by atoms with Gasteiger partial charge in [-0.05, 0) is 55.5 Å². The Morgan fingerprint density at radius 1 is 0.886 bits per heavy atom. The van der Waals surface area contributed by atoms with E-state index in [4.69, 9.17) is 14.5 Å². The molecule has 0 radical (unpaired) electrons. The van der Waals surface area contributed by atoms with Gasteiger partial charge >= 0.3 is 0 Å². The first-order valence-electron chi connectivity index (χ1n) is 11.3. The highest BCUT2D eigenvalue weighted by molar-refractivity contribution is 7.99. The SMILES string of the molecule is Cc1cnc(Nc2ccc(N3CCOCC3)cc2)nc1Sc1ccc(N2C(=O)COCC2=O)cc1. The molecule has 0 atom stereocenters. The lowest BCUT2D eigenvalue weighted by molar-refractivity contribution is -0.138. The van der Waals surface area contributed by atoms with E-state index in [1.807, 2.05) is 31.2 Å². The molecule has 10 heteroatoms. The third-order valence-corrected chi connectivity index (χ3v) is 6.80. The quantitative estimate of drug-likeness (QED) is 0.411. The fourth-order valence-corrected chi connectivity index (χ4v) is 4.69. The second-order valence-corrected chi connectivity index (χ2v) is 9.23. The summed E-state index contributed by atoms with van der Waals surface area (Å²) in [7, 11) is 0. The third kappa shape index (κ3) is 5.45. The topological polar surface area (TPSA) is 96.9 Å². The summed E-state index contributed by atoms with van der Waals surface area (Å²) in [5.41, 5.74) is 3.57. The Morgan fingerprint density at radius 2 is 1.54 bits per heavy atom. The van der Waals surface area contributed by atoms with Gasteiger partial charge in [0, 0.05) is 41.1 Å². The standard InChI is InChI=1S/C25H25N5O4S/c1-17-14-26-25(27-18-2-4-19(5-3-18)29-10-12-33-13-11-29)28-24(17)35-21-8-6-20(7-9-21)30-22(31)15-34-16-23(30)32/h2-9,14H,10-13,15-16H2,1H3,(H,26,27,28). The summed E-state index contributed by atoms with van der Waals surface area (Å²) in [6, 6.07) is 15.5. The van der Waals surface area contributed by atoms with Gasteiger partial charge in [0.1, 0.15) is 18.2 Å². The van der Waals surface area contributed by atoms with Crippen LogP contribution in [0, 0.1) is 6.92 Å². The minimum atomic E-state index is -0.359. The van der Waals surface area contributed by atoms with Crippen LogP contribution >= 0.6 is 11.8 Å². The summed E-state index contributed by atoms with van der Waals surface area (Å²) in [5, 5.41) is 4.10. The normalized spacial score (nSPS) is 16.5. The zero-order valence-corrected chi connectivity index (χ0v) is 20.1. The van der Waals surface area contributed by atoms with Crippen LogP contribution in [0.4, 0.5) is 23.0 Å². The second kappa shape index (κ2) is 10.4. The van der Waals surface area contributed by atoms with Gasteiger partial charge in [-0.3, -0.25) is 9.59 Å². The predicted octanol–water partition coefficient (Wildman–Crippen LogP) is 3.41. The van der Waals surface area contributed by atoms with Crippen molar-refractivity contribution >= 4 is 46.6 Å². The number of nitrogens with zero attached hydrogens (tertiary/aromatic N) is 4. The molecule has 2 saturated heterocycles. The summed E-state index contributed by atoms with van der Waals surface area (Å²) in [5.74, 6) is -0.206. The number of ether oxygens (including phenoxy) is 2. The fraction of sp³-hybridized carbons (Fsp3) is 0.280. The molecule has 2 fully saturated rings. The van der Waals surface area contributed by atoms with Crippen LogP contribution in [0.25, 0.3) is 0 Å². The van der Waals surface area contributed by atoms with Crippen LogP contribution < -0.4 is 15.1 Å². The van der Waals surface area contributed by atoms with Crippen LogP contribution in [0.3, 0.4) is 0 Å². The number of imide groups is 1. The molecule has 0 bridgehead atoms. The first kappa shape index (κ1) is 23.3. The van der Waals surface area contributed by atoms with Crippen molar-refractivity contribution in [1.82, 2.24) is 9.97 Å². The van der Waals surface area contributed by atoms with Gasteiger partial charge in [-0.2, -0.15) is 0 Å². The van der Waals surface area contributed by atoms with Crippen molar-refractivity contribution in [3.63, 3.8) is 0 Å². The molecule has 180 valence electrons. The monoisotopic (exact) mass is 491 g/mol. The molecule has 9 nitrogen and oxygen atoms in total. The number of nitrogens with one attached hydrogen (secondary N) is 1. The first-order chi connectivity index (χ1) is 17.1. The Kier molecular flexibility index (Phi) is 6.94. The Hall–Kier alpha value is -3.47. The van der Waals surface area contributed by atoms with Crippen molar-refractivity contribution in [3.05, 3.63) is 60.3 Å². The number of rotatable bonds is 6. The van der Waals surface area contributed by atoms with Gasteiger partial charge in [0.2, 0.25) is 5.95 Å². The average Bonchev–Trinajstić information content (AvgIpc) is 2.88. The van der Waals surface area contributed by atoms with E-state index >= 15 is 0 Å². The van der Waals surface area contributed by atoms with Crippen molar-refractivity contribution in [2.45, 2.75) is 16.8 Å². The van der Waals surface area contributed by atoms with E-state index in [0.717, 1.165) is 47.5 Å². The molecular weight excluding hydrogens is 466 g/mol. The summed E-state index contributed by atoms with van der Waals surface area (Å²) in [4.78, 5) is 37.6. The number of aromatic nitrogens is 2. The zero-order valence-electron chi connectivity index (χ0n) is 19.3. The molecule has 0 spiro atoms. The van der Waals surface area contributed by atoms with Gasteiger partial charge in [0.05, 0.1) is 18.9 Å². The highest BCUT2D eigenvalue weighted by Gasteiger charge is 2.28. The lowest BCUT2D eigenvalue weighted by Gasteiger charge is -2.28. The van der Waals surface area contributed by atoms with Gasteiger partial charge in [0.15, 0.2) is 0 Å². The van der Waals surface area contributed by atoms with Crippen LogP contribution in [-0.2, 0) is 19.1 Å². The van der Waals surface area contributed by atoms with E-state index in [1.165, 1.54) is 22.3 Å². The molecular formula is C25H25N5O4S. The van der Waals surface area contributed by atoms with Gasteiger partial charge in [-0.25, -0.2) is 14.9 Å². The van der Waals surface area contributed by atoms with E-state index < -0.39 is 0 Å². The molecule has 2 aromatic carbocycles. The van der Waals surface area contributed by atoms with E-state index in [2.05, 4.69) is 27.3 Å². The number of carbonyl (C=O) groups is 2. The van der Waals surface area contributed by atoms with E-state index in [0.29, 0.717) is 11.6 Å². The van der Waals surface area contributed by atoms with Crippen LogP contribution in [0.5, 0.6) is 0 Å².